The number of hydrogen-bond donors (Lipinski definition) is 0. The SMILES string of the molecule is COc1ccc(N(c2ccc(OC)nc2)C(c2cccnc2)c2cccnc2)cn1. The van der Waals surface area contributed by atoms with Gasteiger partial charge in [0.05, 0.1) is 44.0 Å². The van der Waals surface area contributed by atoms with Crippen molar-refractivity contribution in [1.82, 2.24) is 19.9 Å². The first kappa shape index (κ1) is 19.3. The number of pyridine rings is 4. The molecule has 0 aliphatic rings. The third-order valence-corrected chi connectivity index (χ3v) is 4.67. The Labute approximate surface area is 175 Å². The fourth-order valence-electron chi connectivity index (χ4n) is 3.28. The van der Waals surface area contributed by atoms with Crippen LogP contribution in [0.3, 0.4) is 0 Å². The van der Waals surface area contributed by atoms with Crippen molar-refractivity contribution in [2.24, 2.45) is 0 Å². The van der Waals surface area contributed by atoms with Gasteiger partial charge in [0.1, 0.15) is 0 Å². The van der Waals surface area contributed by atoms with E-state index in [4.69, 9.17) is 9.47 Å². The van der Waals surface area contributed by atoms with Crippen LogP contribution < -0.4 is 14.4 Å². The maximum absolute atomic E-state index is 5.24. The van der Waals surface area contributed by atoms with E-state index in [1.807, 2.05) is 60.9 Å². The van der Waals surface area contributed by atoms with Crippen LogP contribution in [0, 0.1) is 0 Å². The van der Waals surface area contributed by atoms with Crippen molar-refractivity contribution in [3.63, 3.8) is 0 Å². The van der Waals surface area contributed by atoms with Gasteiger partial charge in [-0.15, -0.1) is 0 Å². The van der Waals surface area contributed by atoms with Crippen LogP contribution in [0.5, 0.6) is 11.8 Å². The first-order valence-electron chi connectivity index (χ1n) is 9.39. The van der Waals surface area contributed by atoms with E-state index in [0.717, 1.165) is 22.5 Å². The van der Waals surface area contributed by atoms with Crippen LogP contribution in [0.25, 0.3) is 0 Å². The van der Waals surface area contributed by atoms with Crippen molar-refractivity contribution < 1.29 is 9.47 Å². The highest BCUT2D eigenvalue weighted by Crippen LogP contribution is 2.38. The van der Waals surface area contributed by atoms with Crippen LogP contribution in [0.1, 0.15) is 17.2 Å². The minimum absolute atomic E-state index is 0.196. The number of nitrogens with zero attached hydrogens (tertiary/aromatic N) is 5. The smallest absolute Gasteiger partial charge is 0.213 e. The van der Waals surface area contributed by atoms with Crippen molar-refractivity contribution in [3.05, 3.63) is 96.8 Å². The molecule has 0 unspecified atom stereocenters. The van der Waals surface area contributed by atoms with E-state index in [0.29, 0.717) is 11.8 Å². The first-order valence-corrected chi connectivity index (χ1v) is 9.39. The number of hydrogen-bond acceptors (Lipinski definition) is 7. The van der Waals surface area contributed by atoms with Gasteiger partial charge in [0.2, 0.25) is 11.8 Å². The standard InChI is InChI=1S/C23H21N5O2/c1-29-21-9-7-19(15-26-21)28(20-8-10-22(30-2)27-16-20)23(17-5-3-11-24-13-17)18-6-4-12-25-14-18/h3-16,23H,1-2H3. The molecule has 7 nitrogen and oxygen atoms in total. The second kappa shape index (κ2) is 9.00. The molecule has 0 atom stereocenters. The maximum Gasteiger partial charge on any atom is 0.213 e. The van der Waals surface area contributed by atoms with Crippen molar-refractivity contribution in [2.75, 3.05) is 19.1 Å². The van der Waals surface area contributed by atoms with E-state index in [1.165, 1.54) is 0 Å². The van der Waals surface area contributed by atoms with Gasteiger partial charge in [-0.1, -0.05) is 12.1 Å². The fraction of sp³-hybridized carbons (Fsp3) is 0.130. The van der Waals surface area contributed by atoms with Gasteiger partial charge in [-0.25, -0.2) is 9.97 Å². The summed E-state index contributed by atoms with van der Waals surface area (Å²) in [5, 5.41) is 0. The zero-order chi connectivity index (χ0) is 20.8. The normalized spacial score (nSPS) is 10.6. The van der Waals surface area contributed by atoms with Gasteiger partial charge in [-0.3, -0.25) is 9.97 Å². The van der Waals surface area contributed by atoms with Gasteiger partial charge in [0, 0.05) is 36.9 Å². The molecule has 4 heterocycles. The summed E-state index contributed by atoms with van der Waals surface area (Å²) in [5.74, 6) is 1.09. The fourth-order valence-corrected chi connectivity index (χ4v) is 3.28. The minimum atomic E-state index is -0.196. The lowest BCUT2D eigenvalue weighted by atomic mass is 9.98. The predicted octanol–water partition coefficient (Wildman–Crippen LogP) is 4.21. The number of aromatic nitrogens is 4. The monoisotopic (exact) mass is 399 g/mol. The van der Waals surface area contributed by atoms with Crippen LogP contribution in [-0.4, -0.2) is 34.2 Å². The summed E-state index contributed by atoms with van der Waals surface area (Å²) < 4.78 is 10.5. The summed E-state index contributed by atoms with van der Waals surface area (Å²) in [6, 6.07) is 15.4. The van der Waals surface area contributed by atoms with Crippen LogP contribution in [0.15, 0.2) is 85.7 Å². The highest BCUT2D eigenvalue weighted by molar-refractivity contribution is 5.66. The van der Waals surface area contributed by atoms with E-state index in [2.05, 4.69) is 24.8 Å². The summed E-state index contributed by atoms with van der Waals surface area (Å²) >= 11 is 0. The van der Waals surface area contributed by atoms with Gasteiger partial charge < -0.3 is 14.4 Å². The van der Waals surface area contributed by atoms with E-state index in [9.17, 15) is 0 Å². The lowest BCUT2D eigenvalue weighted by Crippen LogP contribution is -2.25. The molecule has 4 aromatic heterocycles. The summed E-state index contributed by atoms with van der Waals surface area (Å²) in [7, 11) is 3.20. The van der Waals surface area contributed by atoms with Crippen LogP contribution in [0.2, 0.25) is 0 Å². The Kier molecular flexibility index (Phi) is 5.80. The lowest BCUT2D eigenvalue weighted by Gasteiger charge is -2.34. The highest BCUT2D eigenvalue weighted by atomic mass is 16.5. The highest BCUT2D eigenvalue weighted by Gasteiger charge is 2.26. The van der Waals surface area contributed by atoms with Gasteiger partial charge in [-0.05, 0) is 35.4 Å². The number of methoxy groups -OCH3 is 2. The Morgan fingerprint density at radius 3 is 1.50 bits per heavy atom. The lowest BCUT2D eigenvalue weighted by molar-refractivity contribution is 0.398. The number of anilines is 2. The van der Waals surface area contributed by atoms with Crippen molar-refractivity contribution >= 4 is 11.4 Å². The van der Waals surface area contributed by atoms with Gasteiger partial charge in [0.15, 0.2) is 0 Å². The minimum Gasteiger partial charge on any atom is -0.481 e. The molecule has 0 aliphatic carbocycles. The molecule has 0 aromatic carbocycles. The van der Waals surface area contributed by atoms with Gasteiger partial charge >= 0.3 is 0 Å². The van der Waals surface area contributed by atoms with E-state index in [-0.39, 0.29) is 6.04 Å². The molecule has 0 saturated carbocycles. The van der Waals surface area contributed by atoms with E-state index in [1.54, 1.807) is 39.0 Å². The second-order valence-electron chi connectivity index (χ2n) is 6.46. The third-order valence-electron chi connectivity index (χ3n) is 4.67. The molecule has 0 saturated heterocycles. The molecule has 0 fully saturated rings. The molecule has 0 radical (unpaired) electrons. The topological polar surface area (TPSA) is 73.3 Å². The quantitative estimate of drug-likeness (QED) is 0.461. The van der Waals surface area contributed by atoms with Gasteiger partial charge in [-0.2, -0.15) is 0 Å². The first-order chi connectivity index (χ1) is 14.8. The molecule has 0 N–H and O–H groups in total. The predicted molar refractivity (Wildman–Crippen MR) is 114 cm³/mol. The zero-order valence-corrected chi connectivity index (χ0v) is 16.7. The maximum atomic E-state index is 5.24. The molecular weight excluding hydrogens is 378 g/mol. The van der Waals surface area contributed by atoms with Crippen molar-refractivity contribution in [3.8, 4) is 11.8 Å². The molecule has 0 spiro atoms. The third kappa shape index (κ3) is 4.05. The van der Waals surface area contributed by atoms with Crippen LogP contribution in [-0.2, 0) is 0 Å². The molecular formula is C23H21N5O2. The number of rotatable bonds is 7. The largest absolute Gasteiger partial charge is 0.481 e. The molecule has 30 heavy (non-hydrogen) atoms. The summed E-state index contributed by atoms with van der Waals surface area (Å²) in [6.45, 7) is 0. The van der Waals surface area contributed by atoms with E-state index < -0.39 is 0 Å². The zero-order valence-electron chi connectivity index (χ0n) is 16.7. The Morgan fingerprint density at radius 1 is 0.667 bits per heavy atom. The summed E-state index contributed by atoms with van der Waals surface area (Å²) in [6.07, 6.45) is 10.8. The Hall–Kier alpha value is -4.00. The average Bonchev–Trinajstić information content (AvgIpc) is 2.84. The van der Waals surface area contributed by atoms with Crippen molar-refractivity contribution in [2.45, 2.75) is 6.04 Å². The van der Waals surface area contributed by atoms with Gasteiger partial charge in [0.25, 0.3) is 0 Å². The Balaban J connectivity index is 1.90. The molecule has 4 aromatic rings. The van der Waals surface area contributed by atoms with Crippen LogP contribution in [0.4, 0.5) is 11.4 Å². The number of ether oxygens (including phenoxy) is 2. The Bertz CT molecular complexity index is 971. The Morgan fingerprint density at radius 2 is 1.17 bits per heavy atom. The van der Waals surface area contributed by atoms with Crippen LogP contribution >= 0.6 is 0 Å². The average molecular weight is 399 g/mol. The summed E-state index contributed by atoms with van der Waals surface area (Å²) in [4.78, 5) is 19.6. The second-order valence-corrected chi connectivity index (χ2v) is 6.46. The molecule has 0 aliphatic heterocycles. The molecule has 4 rings (SSSR count). The van der Waals surface area contributed by atoms with E-state index >= 15 is 0 Å². The van der Waals surface area contributed by atoms with Crippen molar-refractivity contribution in [1.29, 1.82) is 0 Å². The molecule has 150 valence electrons. The molecule has 7 heteroatoms. The summed E-state index contributed by atoms with van der Waals surface area (Å²) in [5.41, 5.74) is 3.77. The molecule has 0 bridgehead atoms. The molecule has 0 amide bonds.